The summed E-state index contributed by atoms with van der Waals surface area (Å²) in [5.74, 6) is 1.38. The molecule has 3 rings (SSSR count). The smallest absolute Gasteiger partial charge is 0.223 e. The number of hydrogen-bond acceptors (Lipinski definition) is 6. The number of benzene rings is 1. The maximum absolute atomic E-state index is 5.77. The van der Waals surface area contributed by atoms with Crippen molar-refractivity contribution < 1.29 is 4.74 Å². The van der Waals surface area contributed by atoms with Crippen LogP contribution in [0.1, 0.15) is 11.9 Å². The van der Waals surface area contributed by atoms with E-state index in [0.29, 0.717) is 24.8 Å². The lowest BCUT2D eigenvalue weighted by molar-refractivity contribution is 0.0222. The van der Waals surface area contributed by atoms with Gasteiger partial charge in [0.15, 0.2) is 11.6 Å². The Balaban J connectivity index is 1.96. The standard InChI is InChI=1S/C13H15N5O/c14-13-17-11(9-4-2-1-3-5-9)16-12(18-13)10-8-15-6-7-19-10/h1-5,10,15H,6-8H2,(H2,14,16,17,18). The van der Waals surface area contributed by atoms with Gasteiger partial charge in [-0.1, -0.05) is 30.3 Å². The highest BCUT2D eigenvalue weighted by atomic mass is 16.5. The quantitative estimate of drug-likeness (QED) is 0.827. The molecule has 19 heavy (non-hydrogen) atoms. The molecule has 1 atom stereocenters. The van der Waals surface area contributed by atoms with Crippen LogP contribution in [0.4, 0.5) is 5.95 Å². The molecule has 2 aromatic rings. The fraction of sp³-hybridized carbons (Fsp3) is 0.308. The number of aromatic nitrogens is 3. The zero-order valence-electron chi connectivity index (χ0n) is 10.4. The first-order chi connectivity index (χ1) is 9.33. The summed E-state index contributed by atoms with van der Waals surface area (Å²) < 4.78 is 5.64. The van der Waals surface area contributed by atoms with Crippen molar-refractivity contribution >= 4 is 5.95 Å². The van der Waals surface area contributed by atoms with Crippen LogP contribution >= 0.6 is 0 Å². The van der Waals surface area contributed by atoms with Crippen LogP contribution in [0.2, 0.25) is 0 Å². The highest BCUT2D eigenvalue weighted by molar-refractivity contribution is 5.55. The molecule has 3 N–H and O–H groups in total. The number of morpholine rings is 1. The van der Waals surface area contributed by atoms with E-state index in [1.807, 2.05) is 30.3 Å². The van der Waals surface area contributed by atoms with Gasteiger partial charge in [-0.2, -0.15) is 9.97 Å². The first-order valence-corrected chi connectivity index (χ1v) is 6.22. The lowest BCUT2D eigenvalue weighted by Gasteiger charge is -2.22. The summed E-state index contributed by atoms with van der Waals surface area (Å²) in [4.78, 5) is 12.8. The Morgan fingerprint density at radius 1 is 1.16 bits per heavy atom. The molecule has 1 saturated heterocycles. The van der Waals surface area contributed by atoms with Crippen LogP contribution in [0, 0.1) is 0 Å². The van der Waals surface area contributed by atoms with Gasteiger partial charge in [0.1, 0.15) is 6.10 Å². The molecule has 6 heteroatoms. The maximum Gasteiger partial charge on any atom is 0.223 e. The van der Waals surface area contributed by atoms with Crippen LogP contribution in [-0.2, 0) is 4.74 Å². The normalized spacial score (nSPS) is 19.3. The van der Waals surface area contributed by atoms with E-state index in [-0.39, 0.29) is 12.1 Å². The van der Waals surface area contributed by atoms with Gasteiger partial charge in [0.05, 0.1) is 6.61 Å². The van der Waals surface area contributed by atoms with Crippen molar-refractivity contribution in [1.29, 1.82) is 0 Å². The molecule has 1 unspecified atom stereocenters. The third kappa shape index (κ3) is 2.69. The second kappa shape index (κ2) is 5.29. The Morgan fingerprint density at radius 2 is 2.00 bits per heavy atom. The van der Waals surface area contributed by atoms with Crippen molar-refractivity contribution in [2.24, 2.45) is 0 Å². The van der Waals surface area contributed by atoms with Crippen molar-refractivity contribution in [3.8, 4) is 11.4 Å². The fourth-order valence-electron chi connectivity index (χ4n) is 2.00. The largest absolute Gasteiger partial charge is 0.368 e. The molecule has 6 nitrogen and oxygen atoms in total. The van der Waals surface area contributed by atoms with E-state index in [9.17, 15) is 0 Å². The van der Waals surface area contributed by atoms with Gasteiger partial charge in [0, 0.05) is 18.7 Å². The molecule has 0 saturated carbocycles. The molecule has 1 aliphatic rings. The number of nitrogens with two attached hydrogens (primary N) is 1. The predicted molar refractivity (Wildman–Crippen MR) is 71.2 cm³/mol. The molecule has 1 aliphatic heterocycles. The third-order valence-electron chi connectivity index (χ3n) is 2.92. The van der Waals surface area contributed by atoms with E-state index in [1.165, 1.54) is 0 Å². The minimum atomic E-state index is -0.165. The molecule has 1 aromatic heterocycles. The second-order valence-corrected chi connectivity index (χ2v) is 4.30. The van der Waals surface area contributed by atoms with Crippen molar-refractivity contribution in [2.45, 2.75) is 6.10 Å². The van der Waals surface area contributed by atoms with Gasteiger partial charge in [0.25, 0.3) is 0 Å². The van der Waals surface area contributed by atoms with Crippen molar-refractivity contribution in [2.75, 3.05) is 25.4 Å². The summed E-state index contributed by atoms with van der Waals surface area (Å²) in [5.41, 5.74) is 6.68. The Morgan fingerprint density at radius 3 is 2.74 bits per heavy atom. The summed E-state index contributed by atoms with van der Waals surface area (Å²) in [5, 5.41) is 3.25. The molecule has 0 spiro atoms. The number of nitrogen functional groups attached to an aromatic ring is 1. The maximum atomic E-state index is 5.77. The number of hydrogen-bond donors (Lipinski definition) is 2. The van der Waals surface area contributed by atoms with Crippen LogP contribution < -0.4 is 11.1 Å². The lowest BCUT2D eigenvalue weighted by Crippen LogP contribution is -2.34. The zero-order chi connectivity index (χ0) is 13.1. The van der Waals surface area contributed by atoms with Gasteiger partial charge in [-0.3, -0.25) is 0 Å². The molecule has 1 fully saturated rings. The van der Waals surface area contributed by atoms with Gasteiger partial charge in [-0.15, -0.1) is 0 Å². The van der Waals surface area contributed by atoms with Crippen molar-refractivity contribution in [3.05, 3.63) is 36.2 Å². The summed E-state index contributed by atoms with van der Waals surface area (Å²) in [6.45, 7) is 2.19. The Kier molecular flexibility index (Phi) is 3.35. The first kappa shape index (κ1) is 12.0. The van der Waals surface area contributed by atoms with Gasteiger partial charge < -0.3 is 15.8 Å². The number of rotatable bonds is 2. The van der Waals surface area contributed by atoms with E-state index < -0.39 is 0 Å². The van der Waals surface area contributed by atoms with Gasteiger partial charge in [-0.25, -0.2) is 4.98 Å². The van der Waals surface area contributed by atoms with Gasteiger partial charge in [0.2, 0.25) is 5.95 Å². The Bertz CT molecular complexity index is 554. The number of anilines is 1. The average Bonchev–Trinajstić information content (AvgIpc) is 2.48. The molecule has 0 bridgehead atoms. The van der Waals surface area contributed by atoms with E-state index in [2.05, 4.69) is 20.3 Å². The molecular weight excluding hydrogens is 242 g/mol. The molecule has 0 amide bonds. The van der Waals surface area contributed by atoms with E-state index >= 15 is 0 Å². The van der Waals surface area contributed by atoms with Crippen LogP contribution in [-0.4, -0.2) is 34.6 Å². The zero-order valence-corrected chi connectivity index (χ0v) is 10.4. The summed E-state index contributed by atoms with van der Waals surface area (Å²) >= 11 is 0. The Hall–Kier alpha value is -2.05. The van der Waals surface area contributed by atoms with Crippen LogP contribution in [0.25, 0.3) is 11.4 Å². The summed E-state index contributed by atoms with van der Waals surface area (Å²) in [6, 6.07) is 9.71. The van der Waals surface area contributed by atoms with Gasteiger partial charge in [-0.05, 0) is 0 Å². The molecule has 0 radical (unpaired) electrons. The second-order valence-electron chi connectivity index (χ2n) is 4.30. The number of nitrogens with one attached hydrogen (secondary N) is 1. The summed E-state index contributed by atoms with van der Waals surface area (Å²) in [6.07, 6.45) is -0.165. The monoisotopic (exact) mass is 257 g/mol. The molecule has 0 aliphatic carbocycles. The highest BCUT2D eigenvalue weighted by Crippen LogP contribution is 2.20. The van der Waals surface area contributed by atoms with E-state index in [0.717, 1.165) is 12.1 Å². The fourth-order valence-corrected chi connectivity index (χ4v) is 2.00. The summed E-state index contributed by atoms with van der Waals surface area (Å²) in [7, 11) is 0. The minimum absolute atomic E-state index is 0.165. The van der Waals surface area contributed by atoms with Crippen molar-refractivity contribution in [3.63, 3.8) is 0 Å². The minimum Gasteiger partial charge on any atom is -0.368 e. The first-order valence-electron chi connectivity index (χ1n) is 6.22. The molecular formula is C13H15N5O. The number of nitrogens with zero attached hydrogens (tertiary/aromatic N) is 3. The average molecular weight is 257 g/mol. The third-order valence-corrected chi connectivity index (χ3v) is 2.92. The molecule has 1 aromatic carbocycles. The SMILES string of the molecule is Nc1nc(-c2ccccc2)nc(C2CNCCO2)n1. The topological polar surface area (TPSA) is 86.0 Å². The van der Waals surface area contributed by atoms with E-state index in [4.69, 9.17) is 10.5 Å². The van der Waals surface area contributed by atoms with Crippen molar-refractivity contribution in [1.82, 2.24) is 20.3 Å². The lowest BCUT2D eigenvalue weighted by atomic mass is 10.2. The predicted octanol–water partition coefficient (Wildman–Crippen LogP) is 0.782. The molecule has 2 heterocycles. The van der Waals surface area contributed by atoms with E-state index in [1.54, 1.807) is 0 Å². The van der Waals surface area contributed by atoms with Crippen LogP contribution in [0.15, 0.2) is 30.3 Å². The van der Waals surface area contributed by atoms with Gasteiger partial charge >= 0.3 is 0 Å². The van der Waals surface area contributed by atoms with Crippen LogP contribution in [0.5, 0.6) is 0 Å². The Labute approximate surface area is 111 Å². The number of ether oxygens (including phenoxy) is 1. The van der Waals surface area contributed by atoms with Crippen LogP contribution in [0.3, 0.4) is 0 Å². The highest BCUT2D eigenvalue weighted by Gasteiger charge is 2.20. The molecule has 98 valence electrons.